The second-order valence-corrected chi connectivity index (χ2v) is 6.95. The fourth-order valence-corrected chi connectivity index (χ4v) is 2.22. The summed E-state index contributed by atoms with van der Waals surface area (Å²) in [6.07, 6.45) is -1.03. The number of para-hydroxylation sites is 1. The summed E-state index contributed by atoms with van der Waals surface area (Å²) in [6.45, 7) is 6.77. The number of nitriles is 1. The smallest absolute Gasteiger partial charge is 0.338 e. The maximum Gasteiger partial charge on any atom is 0.338 e. The van der Waals surface area contributed by atoms with E-state index in [0.717, 1.165) is 0 Å². The molecule has 0 radical (unpaired) electrons. The minimum absolute atomic E-state index is 0.0958. The highest BCUT2D eigenvalue weighted by molar-refractivity contribution is 5.92. The van der Waals surface area contributed by atoms with Crippen LogP contribution in [0.2, 0.25) is 0 Å². The van der Waals surface area contributed by atoms with Gasteiger partial charge in [0.1, 0.15) is 17.0 Å². The molecule has 0 saturated heterocycles. The summed E-state index contributed by atoms with van der Waals surface area (Å²) in [5.74, 6) is 0.0258. The molecule has 0 spiro atoms. The van der Waals surface area contributed by atoms with E-state index in [4.69, 9.17) is 9.47 Å². The number of esters is 1. The molecule has 0 aliphatic rings. The lowest BCUT2D eigenvalue weighted by Gasteiger charge is -2.28. The lowest BCUT2D eigenvalue weighted by molar-refractivity contribution is -0.130. The number of carbonyl (C=O) groups excluding carboxylic acids is 2. The van der Waals surface area contributed by atoms with Crippen molar-refractivity contribution in [3.63, 3.8) is 0 Å². The third-order valence-corrected chi connectivity index (χ3v) is 4.49. The predicted octanol–water partition coefficient (Wildman–Crippen LogP) is 4.08. The third kappa shape index (κ3) is 5.34. The number of nitrogens with zero attached hydrogens (tertiary/aromatic N) is 1. The van der Waals surface area contributed by atoms with Gasteiger partial charge >= 0.3 is 5.97 Å². The predicted molar refractivity (Wildman–Crippen MR) is 105 cm³/mol. The largest absolute Gasteiger partial charge is 0.457 e. The van der Waals surface area contributed by atoms with Crippen LogP contribution >= 0.6 is 0 Å². The fourth-order valence-electron chi connectivity index (χ4n) is 2.22. The van der Waals surface area contributed by atoms with Crippen LogP contribution in [0.5, 0.6) is 11.5 Å². The molecule has 2 aromatic carbocycles. The van der Waals surface area contributed by atoms with Crippen LogP contribution in [-0.4, -0.2) is 23.5 Å². The molecule has 2 unspecified atom stereocenters. The van der Waals surface area contributed by atoms with Gasteiger partial charge in [-0.25, -0.2) is 4.79 Å². The van der Waals surface area contributed by atoms with E-state index in [-0.39, 0.29) is 5.92 Å². The van der Waals surface area contributed by atoms with E-state index in [1.54, 1.807) is 31.2 Å². The Bertz CT molecular complexity index is 856. The average Bonchev–Trinajstić information content (AvgIpc) is 2.68. The first-order chi connectivity index (χ1) is 13.2. The van der Waals surface area contributed by atoms with Gasteiger partial charge in [-0.05, 0) is 56.2 Å². The molecule has 2 aromatic rings. The molecule has 0 aromatic heterocycles. The topological polar surface area (TPSA) is 88.4 Å². The zero-order chi connectivity index (χ0) is 20.7. The van der Waals surface area contributed by atoms with Crippen molar-refractivity contribution in [1.29, 1.82) is 5.26 Å². The molecule has 2 atom stereocenters. The molecule has 6 nitrogen and oxygen atoms in total. The molecule has 0 aliphatic carbocycles. The Balaban J connectivity index is 1.96. The van der Waals surface area contributed by atoms with Gasteiger partial charge in [0.25, 0.3) is 5.91 Å². The first-order valence-electron chi connectivity index (χ1n) is 9.02. The molecule has 0 aliphatic heterocycles. The van der Waals surface area contributed by atoms with E-state index in [2.05, 4.69) is 11.4 Å². The van der Waals surface area contributed by atoms with Crippen LogP contribution in [0.1, 0.15) is 38.1 Å². The molecule has 0 saturated carbocycles. The molecule has 1 amide bonds. The van der Waals surface area contributed by atoms with Crippen molar-refractivity contribution in [2.45, 2.75) is 39.3 Å². The molecule has 2 rings (SSSR count). The van der Waals surface area contributed by atoms with Gasteiger partial charge in [0.2, 0.25) is 0 Å². The zero-order valence-corrected chi connectivity index (χ0v) is 16.4. The molecule has 1 N–H and O–H groups in total. The van der Waals surface area contributed by atoms with Crippen molar-refractivity contribution in [3.05, 3.63) is 60.2 Å². The second kappa shape index (κ2) is 9.05. The molecule has 0 bridgehead atoms. The van der Waals surface area contributed by atoms with E-state index < -0.39 is 23.5 Å². The normalized spacial score (nSPS) is 13.7. The van der Waals surface area contributed by atoms with E-state index in [9.17, 15) is 14.9 Å². The molecular formula is C22H24N2O4. The Morgan fingerprint density at radius 1 is 1.00 bits per heavy atom. The number of ether oxygens (including phenoxy) is 2. The molecule has 146 valence electrons. The maximum absolute atomic E-state index is 12.3. The fraction of sp³-hybridized carbons (Fsp3) is 0.318. The summed E-state index contributed by atoms with van der Waals surface area (Å²) in [4.78, 5) is 24.6. The number of amides is 1. The molecule has 0 heterocycles. The van der Waals surface area contributed by atoms with Crippen LogP contribution in [0.3, 0.4) is 0 Å². The minimum Gasteiger partial charge on any atom is -0.457 e. The first kappa shape index (κ1) is 21.0. The lowest BCUT2D eigenvalue weighted by atomic mass is 9.90. The molecule has 6 heteroatoms. The van der Waals surface area contributed by atoms with Crippen molar-refractivity contribution in [2.75, 3.05) is 0 Å². The van der Waals surface area contributed by atoms with Crippen LogP contribution in [-0.2, 0) is 9.53 Å². The first-order valence-corrected chi connectivity index (χ1v) is 9.02. The van der Waals surface area contributed by atoms with Gasteiger partial charge in [-0.2, -0.15) is 5.26 Å². The minimum atomic E-state index is -1.03. The van der Waals surface area contributed by atoms with Crippen molar-refractivity contribution in [3.8, 4) is 17.6 Å². The maximum atomic E-state index is 12.3. The van der Waals surface area contributed by atoms with Crippen LogP contribution in [0.25, 0.3) is 0 Å². The summed E-state index contributed by atoms with van der Waals surface area (Å²) in [7, 11) is 0. The van der Waals surface area contributed by atoms with E-state index in [1.807, 2.05) is 44.2 Å². The standard InChI is InChI=1S/C22H24N2O4/c1-15(2)22(4,14-23)24-20(25)16(3)27-21(26)17-10-12-19(13-11-17)28-18-8-6-5-7-9-18/h5-13,15-16H,1-4H3,(H,24,25). The number of rotatable bonds is 7. The van der Waals surface area contributed by atoms with Gasteiger partial charge in [-0.1, -0.05) is 32.0 Å². The van der Waals surface area contributed by atoms with Crippen LogP contribution in [0, 0.1) is 17.2 Å². The highest BCUT2D eigenvalue weighted by Crippen LogP contribution is 2.21. The van der Waals surface area contributed by atoms with Gasteiger partial charge in [-0.3, -0.25) is 4.79 Å². The zero-order valence-electron chi connectivity index (χ0n) is 16.4. The highest BCUT2D eigenvalue weighted by Gasteiger charge is 2.32. The number of carbonyl (C=O) groups is 2. The van der Waals surface area contributed by atoms with E-state index >= 15 is 0 Å². The number of benzene rings is 2. The van der Waals surface area contributed by atoms with Crippen molar-refractivity contribution >= 4 is 11.9 Å². The second-order valence-electron chi connectivity index (χ2n) is 6.95. The summed E-state index contributed by atoms with van der Waals surface area (Å²) in [6, 6.07) is 17.8. The van der Waals surface area contributed by atoms with E-state index in [1.165, 1.54) is 6.92 Å². The third-order valence-electron chi connectivity index (χ3n) is 4.49. The van der Waals surface area contributed by atoms with Crippen molar-refractivity contribution < 1.29 is 19.1 Å². The summed E-state index contributed by atoms with van der Waals surface area (Å²) in [5, 5.41) is 11.9. The van der Waals surface area contributed by atoms with Crippen LogP contribution in [0.4, 0.5) is 0 Å². The van der Waals surface area contributed by atoms with Gasteiger partial charge in [0.15, 0.2) is 6.10 Å². The number of hydrogen-bond acceptors (Lipinski definition) is 5. The lowest BCUT2D eigenvalue weighted by Crippen LogP contribution is -2.52. The monoisotopic (exact) mass is 380 g/mol. The van der Waals surface area contributed by atoms with Crippen molar-refractivity contribution in [2.24, 2.45) is 5.92 Å². The molecular weight excluding hydrogens is 356 g/mol. The Labute approximate surface area is 165 Å². The quantitative estimate of drug-likeness (QED) is 0.731. The SMILES string of the molecule is CC(OC(=O)c1ccc(Oc2ccccc2)cc1)C(=O)NC(C)(C#N)C(C)C. The Hall–Kier alpha value is -3.33. The summed E-state index contributed by atoms with van der Waals surface area (Å²) >= 11 is 0. The van der Waals surface area contributed by atoms with Crippen LogP contribution < -0.4 is 10.1 Å². The van der Waals surface area contributed by atoms with Crippen LogP contribution in [0.15, 0.2) is 54.6 Å². The summed E-state index contributed by atoms with van der Waals surface area (Å²) < 4.78 is 10.9. The Kier molecular flexibility index (Phi) is 6.78. The van der Waals surface area contributed by atoms with Gasteiger partial charge < -0.3 is 14.8 Å². The number of nitrogens with one attached hydrogen (secondary N) is 1. The highest BCUT2D eigenvalue weighted by atomic mass is 16.5. The number of hydrogen-bond donors (Lipinski definition) is 1. The molecule has 0 fully saturated rings. The summed E-state index contributed by atoms with van der Waals surface area (Å²) in [5.41, 5.74) is -0.735. The van der Waals surface area contributed by atoms with E-state index in [0.29, 0.717) is 17.1 Å². The molecule has 28 heavy (non-hydrogen) atoms. The van der Waals surface area contributed by atoms with Gasteiger partial charge in [0.05, 0.1) is 11.6 Å². The van der Waals surface area contributed by atoms with Gasteiger partial charge in [-0.15, -0.1) is 0 Å². The Morgan fingerprint density at radius 3 is 2.11 bits per heavy atom. The van der Waals surface area contributed by atoms with Crippen molar-refractivity contribution in [1.82, 2.24) is 5.32 Å². The average molecular weight is 380 g/mol. The Morgan fingerprint density at radius 2 is 1.57 bits per heavy atom. The van der Waals surface area contributed by atoms with Gasteiger partial charge in [0, 0.05) is 0 Å².